The molecule has 0 saturated heterocycles. The molecule has 0 saturated carbocycles. The van der Waals surface area contributed by atoms with Crippen LogP contribution in [0, 0.1) is 13.8 Å². The van der Waals surface area contributed by atoms with Crippen LogP contribution < -0.4 is 10.1 Å². The van der Waals surface area contributed by atoms with Gasteiger partial charge in [0.2, 0.25) is 0 Å². The van der Waals surface area contributed by atoms with E-state index in [1.165, 1.54) is 7.11 Å². The zero-order valence-electron chi connectivity index (χ0n) is 16.5. The number of nitrogens with one attached hydrogen (secondary N) is 1. The molecule has 0 aliphatic rings. The molecule has 7 heteroatoms. The van der Waals surface area contributed by atoms with Gasteiger partial charge in [0.15, 0.2) is 11.4 Å². The highest BCUT2D eigenvalue weighted by Gasteiger charge is 2.20. The minimum Gasteiger partial charge on any atom is -0.493 e. The lowest BCUT2D eigenvalue weighted by molar-refractivity contribution is 0.101. The summed E-state index contributed by atoms with van der Waals surface area (Å²) in [7, 11) is 1.52. The maximum atomic E-state index is 13.0. The maximum Gasteiger partial charge on any atom is 0.281 e. The van der Waals surface area contributed by atoms with E-state index < -0.39 is 0 Å². The molecule has 1 amide bonds. The Morgan fingerprint density at radius 3 is 2.38 bits per heavy atom. The molecule has 1 N–H and O–H groups in total. The van der Waals surface area contributed by atoms with E-state index in [0.29, 0.717) is 11.6 Å². The van der Waals surface area contributed by atoms with Gasteiger partial charge in [0.25, 0.3) is 5.91 Å². The van der Waals surface area contributed by atoms with Gasteiger partial charge >= 0.3 is 0 Å². The molecule has 0 bridgehead atoms. The standard InChI is InChI=1S/C22H21N5O2/c1-15-9-11-18(12-10-15)27-20(13-16(2)24-27)23-22(28)21-19(29-3)14-26(25-21)17-7-5-4-6-8-17/h4-14H,1-3H3,(H,23,28). The van der Waals surface area contributed by atoms with Crippen molar-refractivity contribution in [2.75, 3.05) is 12.4 Å². The fourth-order valence-corrected chi connectivity index (χ4v) is 3.02. The first-order chi connectivity index (χ1) is 14.0. The summed E-state index contributed by atoms with van der Waals surface area (Å²) < 4.78 is 8.70. The highest BCUT2D eigenvalue weighted by molar-refractivity contribution is 6.04. The van der Waals surface area contributed by atoms with Crippen molar-refractivity contribution in [3.05, 3.63) is 83.8 Å². The van der Waals surface area contributed by atoms with Gasteiger partial charge in [-0.15, -0.1) is 0 Å². The van der Waals surface area contributed by atoms with Crippen molar-refractivity contribution < 1.29 is 9.53 Å². The Morgan fingerprint density at radius 2 is 1.69 bits per heavy atom. The highest BCUT2D eigenvalue weighted by Crippen LogP contribution is 2.23. The maximum absolute atomic E-state index is 13.0. The molecule has 2 aromatic heterocycles. The summed E-state index contributed by atoms with van der Waals surface area (Å²) in [6.45, 7) is 3.90. The van der Waals surface area contributed by atoms with Gasteiger partial charge < -0.3 is 10.1 Å². The Balaban J connectivity index is 1.65. The number of hydrogen-bond donors (Lipinski definition) is 1. The zero-order chi connectivity index (χ0) is 20.4. The van der Waals surface area contributed by atoms with Crippen LogP contribution in [0.2, 0.25) is 0 Å². The first-order valence-corrected chi connectivity index (χ1v) is 9.19. The van der Waals surface area contributed by atoms with Crippen molar-refractivity contribution in [1.82, 2.24) is 19.6 Å². The lowest BCUT2D eigenvalue weighted by Gasteiger charge is -2.09. The topological polar surface area (TPSA) is 74.0 Å². The number of benzene rings is 2. The number of carbonyl (C=O) groups is 1. The van der Waals surface area contributed by atoms with E-state index in [9.17, 15) is 4.79 Å². The lowest BCUT2D eigenvalue weighted by atomic mass is 10.2. The number of aryl methyl sites for hydroxylation is 2. The van der Waals surface area contributed by atoms with Crippen molar-refractivity contribution in [3.63, 3.8) is 0 Å². The molecule has 0 atom stereocenters. The highest BCUT2D eigenvalue weighted by atomic mass is 16.5. The molecular weight excluding hydrogens is 366 g/mol. The number of anilines is 1. The van der Waals surface area contributed by atoms with E-state index in [1.807, 2.05) is 74.5 Å². The van der Waals surface area contributed by atoms with Gasteiger partial charge in [0.05, 0.1) is 30.4 Å². The summed E-state index contributed by atoms with van der Waals surface area (Å²) in [6, 6.07) is 19.3. The number of methoxy groups -OCH3 is 1. The third-order valence-corrected chi connectivity index (χ3v) is 4.49. The number of carbonyl (C=O) groups excluding carboxylic acids is 1. The van der Waals surface area contributed by atoms with Crippen LogP contribution in [0.5, 0.6) is 5.75 Å². The molecule has 0 fully saturated rings. The van der Waals surface area contributed by atoms with Gasteiger partial charge in [-0.3, -0.25) is 4.79 Å². The molecule has 4 rings (SSSR count). The second-order valence-corrected chi connectivity index (χ2v) is 6.70. The predicted octanol–water partition coefficient (Wildman–Crippen LogP) is 3.94. The Hall–Kier alpha value is -3.87. The molecule has 4 aromatic rings. The molecule has 0 aliphatic carbocycles. The van der Waals surface area contributed by atoms with E-state index in [0.717, 1.165) is 22.6 Å². The van der Waals surface area contributed by atoms with Crippen LogP contribution in [0.25, 0.3) is 11.4 Å². The number of nitrogens with zero attached hydrogens (tertiary/aromatic N) is 4. The summed E-state index contributed by atoms with van der Waals surface area (Å²) in [5.41, 5.74) is 3.85. The van der Waals surface area contributed by atoms with Crippen LogP contribution in [-0.4, -0.2) is 32.6 Å². The van der Waals surface area contributed by atoms with Crippen molar-refractivity contribution >= 4 is 11.7 Å². The van der Waals surface area contributed by atoms with Gasteiger partial charge in [-0.2, -0.15) is 10.2 Å². The second-order valence-electron chi connectivity index (χ2n) is 6.70. The number of ether oxygens (including phenoxy) is 1. The SMILES string of the molecule is COc1cn(-c2ccccc2)nc1C(=O)Nc1cc(C)nn1-c1ccc(C)cc1. The molecule has 2 heterocycles. The fraction of sp³-hybridized carbons (Fsp3) is 0.136. The summed E-state index contributed by atoms with van der Waals surface area (Å²) in [5.74, 6) is 0.585. The van der Waals surface area contributed by atoms with Crippen LogP contribution in [0.3, 0.4) is 0 Å². The molecule has 2 aromatic carbocycles. The normalized spacial score (nSPS) is 10.7. The average molecular weight is 387 g/mol. The molecule has 0 unspecified atom stereocenters. The number of amides is 1. The Kier molecular flexibility index (Phi) is 4.87. The summed E-state index contributed by atoms with van der Waals surface area (Å²) in [5, 5.41) is 11.8. The van der Waals surface area contributed by atoms with Crippen LogP contribution in [0.1, 0.15) is 21.7 Å². The van der Waals surface area contributed by atoms with Crippen molar-refractivity contribution in [1.29, 1.82) is 0 Å². The first kappa shape index (κ1) is 18.5. The van der Waals surface area contributed by atoms with Gasteiger partial charge in [-0.25, -0.2) is 9.36 Å². The van der Waals surface area contributed by atoms with E-state index in [2.05, 4.69) is 15.5 Å². The molecule has 7 nitrogen and oxygen atoms in total. The van der Waals surface area contributed by atoms with Gasteiger partial charge in [-0.05, 0) is 38.1 Å². The number of rotatable bonds is 5. The molecule has 0 spiro atoms. The van der Waals surface area contributed by atoms with Crippen LogP contribution in [0.15, 0.2) is 66.9 Å². The summed E-state index contributed by atoms with van der Waals surface area (Å²) in [4.78, 5) is 13.0. The van der Waals surface area contributed by atoms with Gasteiger partial charge in [-0.1, -0.05) is 35.9 Å². The van der Waals surface area contributed by atoms with Gasteiger partial charge in [0, 0.05) is 6.07 Å². The van der Waals surface area contributed by atoms with Crippen LogP contribution >= 0.6 is 0 Å². The fourth-order valence-electron chi connectivity index (χ4n) is 3.02. The van der Waals surface area contributed by atoms with E-state index in [4.69, 9.17) is 4.74 Å². The van der Waals surface area contributed by atoms with Gasteiger partial charge in [0.1, 0.15) is 5.82 Å². The third-order valence-electron chi connectivity index (χ3n) is 4.49. The van der Waals surface area contributed by atoms with E-state index >= 15 is 0 Å². The van der Waals surface area contributed by atoms with Crippen molar-refractivity contribution in [2.45, 2.75) is 13.8 Å². The Morgan fingerprint density at radius 1 is 0.966 bits per heavy atom. The monoisotopic (exact) mass is 387 g/mol. The number of para-hydroxylation sites is 1. The van der Waals surface area contributed by atoms with Crippen molar-refractivity contribution in [2.24, 2.45) is 0 Å². The molecular formula is C22H21N5O2. The smallest absolute Gasteiger partial charge is 0.281 e. The van der Waals surface area contributed by atoms with Crippen molar-refractivity contribution in [3.8, 4) is 17.1 Å². The molecule has 0 radical (unpaired) electrons. The average Bonchev–Trinajstić information content (AvgIpc) is 3.33. The molecule has 0 aliphatic heterocycles. The molecule has 146 valence electrons. The van der Waals surface area contributed by atoms with E-state index in [-0.39, 0.29) is 11.6 Å². The van der Waals surface area contributed by atoms with Crippen LogP contribution in [0.4, 0.5) is 5.82 Å². The van der Waals surface area contributed by atoms with Crippen LogP contribution in [-0.2, 0) is 0 Å². The van der Waals surface area contributed by atoms with E-state index in [1.54, 1.807) is 15.6 Å². The second kappa shape index (κ2) is 7.63. The minimum atomic E-state index is -0.371. The summed E-state index contributed by atoms with van der Waals surface area (Å²) in [6.07, 6.45) is 1.69. The molecule has 29 heavy (non-hydrogen) atoms. The third kappa shape index (κ3) is 3.75. The minimum absolute atomic E-state index is 0.200. The Labute approximate surface area is 168 Å². The number of hydrogen-bond acceptors (Lipinski definition) is 4. The predicted molar refractivity (Wildman–Crippen MR) is 111 cm³/mol. The lowest BCUT2D eigenvalue weighted by Crippen LogP contribution is -2.17. The Bertz CT molecular complexity index is 1140. The zero-order valence-corrected chi connectivity index (χ0v) is 16.5. The largest absolute Gasteiger partial charge is 0.493 e. The first-order valence-electron chi connectivity index (χ1n) is 9.19. The summed E-state index contributed by atoms with van der Waals surface area (Å²) >= 11 is 0. The number of aromatic nitrogens is 4. The quantitative estimate of drug-likeness (QED) is 0.563.